The molecule has 5 nitrogen and oxygen atoms in total. The van der Waals surface area contributed by atoms with E-state index in [1.165, 1.54) is 7.11 Å². The highest BCUT2D eigenvalue weighted by Gasteiger charge is 2.21. The van der Waals surface area contributed by atoms with Crippen molar-refractivity contribution in [3.63, 3.8) is 0 Å². The lowest BCUT2D eigenvalue weighted by Gasteiger charge is -2.11. The Labute approximate surface area is 119 Å². The van der Waals surface area contributed by atoms with Crippen LogP contribution in [0, 0.1) is 5.92 Å². The van der Waals surface area contributed by atoms with Crippen LogP contribution in [0.2, 0.25) is 0 Å². The predicted octanol–water partition coefficient (Wildman–Crippen LogP) is 2.34. The van der Waals surface area contributed by atoms with Crippen molar-refractivity contribution in [2.45, 2.75) is 31.7 Å². The number of ether oxygens (including phenoxy) is 1. The first-order chi connectivity index (χ1) is 9.38. The monoisotopic (exact) mass is 296 g/mol. The molecular formula is C14H20N2O3S. The Morgan fingerprint density at radius 1 is 1.40 bits per heavy atom. The van der Waals surface area contributed by atoms with E-state index in [4.69, 9.17) is 9.88 Å². The average Bonchev–Trinajstić information content (AvgIpc) is 2.77. The van der Waals surface area contributed by atoms with Crippen LogP contribution < -0.4 is 9.88 Å². The fourth-order valence-electron chi connectivity index (χ4n) is 2.28. The van der Waals surface area contributed by atoms with Crippen LogP contribution in [0.4, 0.5) is 0 Å². The number of methoxy groups -OCH3 is 1. The van der Waals surface area contributed by atoms with Crippen LogP contribution in [0.15, 0.2) is 29.3 Å². The van der Waals surface area contributed by atoms with Gasteiger partial charge in [-0.15, -0.1) is 0 Å². The van der Waals surface area contributed by atoms with Crippen LogP contribution in [-0.4, -0.2) is 20.1 Å². The Morgan fingerprint density at radius 3 is 2.65 bits per heavy atom. The second kappa shape index (κ2) is 5.46. The van der Waals surface area contributed by atoms with Gasteiger partial charge in [-0.1, -0.05) is 26.3 Å². The molecule has 0 aliphatic rings. The highest BCUT2D eigenvalue weighted by Crippen LogP contribution is 2.33. The first-order valence-corrected chi connectivity index (χ1v) is 8.11. The number of benzene rings is 1. The molecule has 0 amide bonds. The smallest absolute Gasteiger partial charge is 0.240 e. The molecule has 110 valence electrons. The van der Waals surface area contributed by atoms with E-state index >= 15 is 0 Å². The summed E-state index contributed by atoms with van der Waals surface area (Å²) in [6, 6.07) is 5.47. The number of fused-ring (bicyclic) bond motifs is 1. The second-order valence-electron chi connectivity index (χ2n) is 5.06. The molecule has 0 fully saturated rings. The summed E-state index contributed by atoms with van der Waals surface area (Å²) < 4.78 is 30.8. The van der Waals surface area contributed by atoms with E-state index in [1.54, 1.807) is 12.3 Å². The molecule has 0 aliphatic carbocycles. The van der Waals surface area contributed by atoms with Crippen molar-refractivity contribution in [3.8, 4) is 5.75 Å². The number of nitrogens with two attached hydrogens (primary N) is 1. The molecule has 0 saturated heterocycles. The number of rotatable bonds is 5. The summed E-state index contributed by atoms with van der Waals surface area (Å²) in [7, 11) is -2.26. The lowest BCUT2D eigenvalue weighted by Crippen LogP contribution is -2.12. The van der Waals surface area contributed by atoms with Gasteiger partial charge in [0.25, 0.3) is 0 Å². The van der Waals surface area contributed by atoms with Gasteiger partial charge in [0, 0.05) is 12.7 Å². The van der Waals surface area contributed by atoms with Gasteiger partial charge in [0.05, 0.1) is 18.0 Å². The third-order valence-electron chi connectivity index (χ3n) is 3.56. The lowest BCUT2D eigenvalue weighted by atomic mass is 10.1. The Hall–Kier alpha value is -1.53. The minimum Gasteiger partial charge on any atom is -0.496 e. The SMILES string of the molecule is CCC(C)Cn1cc(S(N)(=O)=O)c2c(OC)cccc21. The molecular weight excluding hydrogens is 276 g/mol. The van der Waals surface area contributed by atoms with Crippen LogP contribution in [0.1, 0.15) is 20.3 Å². The maximum Gasteiger partial charge on any atom is 0.240 e. The maximum absolute atomic E-state index is 11.8. The standard InChI is InChI=1S/C14H20N2O3S/c1-4-10(2)8-16-9-13(20(15,17)18)14-11(16)6-5-7-12(14)19-3/h5-7,9-10H,4,8H2,1-3H3,(H2,15,17,18). The number of hydrogen-bond acceptors (Lipinski definition) is 3. The minimum absolute atomic E-state index is 0.119. The van der Waals surface area contributed by atoms with Gasteiger partial charge in [-0.05, 0) is 18.1 Å². The normalized spacial score (nSPS) is 13.6. The van der Waals surface area contributed by atoms with E-state index < -0.39 is 10.0 Å². The summed E-state index contributed by atoms with van der Waals surface area (Å²) in [6.45, 7) is 4.98. The third kappa shape index (κ3) is 2.66. The molecule has 1 atom stereocenters. The lowest BCUT2D eigenvalue weighted by molar-refractivity contribution is 0.419. The van der Waals surface area contributed by atoms with E-state index in [2.05, 4.69) is 13.8 Å². The second-order valence-corrected chi connectivity index (χ2v) is 6.59. The molecule has 20 heavy (non-hydrogen) atoms. The van der Waals surface area contributed by atoms with Gasteiger partial charge < -0.3 is 9.30 Å². The highest BCUT2D eigenvalue weighted by molar-refractivity contribution is 7.89. The Morgan fingerprint density at radius 2 is 2.10 bits per heavy atom. The Kier molecular flexibility index (Phi) is 4.06. The van der Waals surface area contributed by atoms with Gasteiger partial charge in [0.15, 0.2) is 0 Å². The van der Waals surface area contributed by atoms with Crippen LogP contribution in [-0.2, 0) is 16.6 Å². The van der Waals surface area contributed by atoms with Crippen LogP contribution in [0.25, 0.3) is 10.9 Å². The molecule has 2 aromatic rings. The van der Waals surface area contributed by atoms with Crippen molar-refractivity contribution < 1.29 is 13.2 Å². The molecule has 1 unspecified atom stereocenters. The van der Waals surface area contributed by atoms with Gasteiger partial charge in [0.2, 0.25) is 10.0 Å². The summed E-state index contributed by atoms with van der Waals surface area (Å²) in [4.78, 5) is 0.119. The largest absolute Gasteiger partial charge is 0.496 e. The first kappa shape index (κ1) is 14.9. The van der Waals surface area contributed by atoms with Crippen molar-refractivity contribution >= 4 is 20.9 Å². The maximum atomic E-state index is 11.8. The zero-order valence-electron chi connectivity index (χ0n) is 12.0. The minimum atomic E-state index is -3.78. The molecule has 6 heteroatoms. The molecule has 2 rings (SSSR count). The van der Waals surface area contributed by atoms with Crippen LogP contribution >= 0.6 is 0 Å². The molecule has 2 N–H and O–H groups in total. The molecule has 0 saturated carbocycles. The average molecular weight is 296 g/mol. The number of hydrogen-bond donors (Lipinski definition) is 1. The van der Waals surface area contributed by atoms with Crippen molar-refractivity contribution in [1.82, 2.24) is 4.57 Å². The van der Waals surface area contributed by atoms with E-state index in [9.17, 15) is 8.42 Å². The van der Waals surface area contributed by atoms with Crippen molar-refractivity contribution in [2.75, 3.05) is 7.11 Å². The van der Waals surface area contributed by atoms with Gasteiger partial charge >= 0.3 is 0 Å². The Balaban J connectivity index is 2.73. The topological polar surface area (TPSA) is 74.3 Å². The van der Waals surface area contributed by atoms with E-state index in [-0.39, 0.29) is 4.90 Å². The summed E-state index contributed by atoms with van der Waals surface area (Å²) >= 11 is 0. The van der Waals surface area contributed by atoms with Gasteiger partial charge in [0.1, 0.15) is 10.6 Å². The zero-order chi connectivity index (χ0) is 14.9. The highest BCUT2D eigenvalue weighted by atomic mass is 32.2. The molecule has 1 heterocycles. The zero-order valence-corrected chi connectivity index (χ0v) is 12.8. The first-order valence-electron chi connectivity index (χ1n) is 6.57. The number of aromatic nitrogens is 1. The molecule has 0 radical (unpaired) electrons. The van der Waals surface area contributed by atoms with Crippen molar-refractivity contribution in [3.05, 3.63) is 24.4 Å². The summed E-state index contributed by atoms with van der Waals surface area (Å²) in [6.07, 6.45) is 2.63. The number of sulfonamides is 1. The van der Waals surface area contributed by atoms with E-state index in [1.807, 2.05) is 16.7 Å². The van der Waals surface area contributed by atoms with Gasteiger partial charge in [-0.3, -0.25) is 0 Å². The molecule has 0 bridgehead atoms. The molecule has 0 spiro atoms. The van der Waals surface area contributed by atoms with E-state index in [0.29, 0.717) is 17.1 Å². The Bertz CT molecular complexity index is 719. The molecule has 1 aromatic heterocycles. The third-order valence-corrected chi connectivity index (χ3v) is 4.49. The quantitative estimate of drug-likeness (QED) is 0.920. The fourth-order valence-corrected chi connectivity index (χ4v) is 3.05. The van der Waals surface area contributed by atoms with Gasteiger partial charge in [-0.2, -0.15) is 0 Å². The number of nitrogens with zero attached hydrogens (tertiary/aromatic N) is 1. The van der Waals surface area contributed by atoms with Crippen LogP contribution in [0.3, 0.4) is 0 Å². The fraction of sp³-hybridized carbons (Fsp3) is 0.429. The van der Waals surface area contributed by atoms with Crippen LogP contribution in [0.5, 0.6) is 5.75 Å². The summed E-state index contributed by atoms with van der Waals surface area (Å²) in [5.41, 5.74) is 0.827. The van der Waals surface area contributed by atoms with Gasteiger partial charge in [-0.25, -0.2) is 13.6 Å². The summed E-state index contributed by atoms with van der Waals surface area (Å²) in [5.74, 6) is 0.972. The molecule has 0 aliphatic heterocycles. The van der Waals surface area contributed by atoms with Crippen molar-refractivity contribution in [2.24, 2.45) is 11.1 Å². The van der Waals surface area contributed by atoms with E-state index in [0.717, 1.165) is 18.5 Å². The molecule has 1 aromatic carbocycles. The van der Waals surface area contributed by atoms with Crippen molar-refractivity contribution in [1.29, 1.82) is 0 Å². The number of primary sulfonamides is 1. The predicted molar refractivity (Wildman–Crippen MR) is 79.3 cm³/mol. The summed E-state index contributed by atoms with van der Waals surface area (Å²) in [5, 5.41) is 5.88.